The summed E-state index contributed by atoms with van der Waals surface area (Å²) in [4.78, 5) is 0.745. The summed E-state index contributed by atoms with van der Waals surface area (Å²) in [6.07, 6.45) is 17.8. The third-order valence-corrected chi connectivity index (χ3v) is 14.7. The van der Waals surface area contributed by atoms with Crippen molar-refractivity contribution in [3.63, 3.8) is 0 Å². The summed E-state index contributed by atoms with van der Waals surface area (Å²) in [5, 5.41) is 2.60. The predicted molar refractivity (Wildman–Crippen MR) is 128 cm³/mol. The maximum Gasteiger partial charge on any atom is 0.217 e. The van der Waals surface area contributed by atoms with E-state index >= 15 is 0 Å². The van der Waals surface area contributed by atoms with Gasteiger partial charge in [0.15, 0.2) is 6.46 Å². The molecule has 158 valence electrons. The summed E-state index contributed by atoms with van der Waals surface area (Å²) in [5.74, 6) is 0. The monoisotopic (exact) mass is 501 g/mol. The Hall–Kier alpha value is -1.71. The molecule has 0 spiro atoms. The third kappa shape index (κ3) is 4.48. The summed E-state index contributed by atoms with van der Waals surface area (Å²) < 4.78 is 69.7. The summed E-state index contributed by atoms with van der Waals surface area (Å²) in [5.41, 5.74) is 0. The van der Waals surface area contributed by atoms with Gasteiger partial charge in [0.2, 0.25) is 30.9 Å². The molecule has 0 radical (unpaired) electrons. The first-order valence-electron chi connectivity index (χ1n) is 8.73. The summed E-state index contributed by atoms with van der Waals surface area (Å²) in [6, 6.07) is 0. The molecule has 0 atom stereocenters. The lowest BCUT2D eigenvalue weighted by atomic mass is 10.2. The average Bonchev–Trinajstić information content (AvgIpc) is 2.75. The van der Waals surface area contributed by atoms with Crippen LogP contribution in [-0.2, 0) is 30.9 Å². The first-order valence-corrected chi connectivity index (χ1v) is 15.6. The molecule has 3 rings (SSSR count). The number of allylic oxidation sites excluding steroid dienone is 12. The van der Waals surface area contributed by atoms with Gasteiger partial charge in [0, 0.05) is 36.9 Å². The molecule has 6 nitrogen and oxygen atoms in total. The minimum absolute atomic E-state index is 0.203. The Morgan fingerprint density at radius 1 is 0.633 bits per heavy atom. The van der Waals surface area contributed by atoms with Crippen LogP contribution >= 0.6 is 17.8 Å². The summed E-state index contributed by atoms with van der Waals surface area (Å²) in [7, 11) is -7.13. The van der Waals surface area contributed by atoms with Gasteiger partial charge in [-0.3, -0.25) is 0 Å². The highest BCUT2D eigenvalue weighted by Crippen LogP contribution is 2.87. The topological polar surface area (TPSA) is 102 Å². The van der Waals surface area contributed by atoms with E-state index in [4.69, 9.17) is 0 Å². The molecule has 30 heavy (non-hydrogen) atoms. The van der Waals surface area contributed by atoms with Crippen LogP contribution in [0.3, 0.4) is 0 Å². The fraction of sp³-hybridized carbons (Fsp3) is 0.211. The molecular weight excluding hydrogens is 483 g/mol. The fourth-order valence-electron chi connectivity index (χ4n) is 3.59. The largest absolute Gasteiger partial charge is 0.217 e. The van der Waals surface area contributed by atoms with Gasteiger partial charge in [-0.25, -0.2) is 0 Å². The van der Waals surface area contributed by atoms with Crippen LogP contribution in [0.15, 0.2) is 70.6 Å². The minimum Gasteiger partial charge on any atom is -0.184 e. The highest BCUT2D eigenvalue weighted by Gasteiger charge is 2.52. The average molecular weight is 502 g/mol. The Bertz CT molecular complexity index is 1200. The third-order valence-electron chi connectivity index (χ3n) is 4.91. The van der Waals surface area contributed by atoms with Gasteiger partial charge in [0.05, 0.1) is 30.5 Å². The Labute approximate surface area is 184 Å². The van der Waals surface area contributed by atoms with E-state index in [1.165, 1.54) is 11.4 Å². The van der Waals surface area contributed by atoms with Crippen molar-refractivity contribution in [3.8, 4) is 0 Å². The Morgan fingerprint density at radius 2 is 0.933 bits per heavy atom. The minimum atomic E-state index is -2.47. The molecule has 0 heterocycles. The molecule has 3 aliphatic carbocycles. The van der Waals surface area contributed by atoms with Gasteiger partial charge in [-0.1, -0.05) is 18.2 Å². The lowest BCUT2D eigenvalue weighted by Gasteiger charge is -2.32. The number of hydrogen-bond donors (Lipinski definition) is 0. The van der Waals surface area contributed by atoms with Crippen LogP contribution < -0.4 is 0 Å². The second-order valence-electron chi connectivity index (χ2n) is 6.48. The van der Waals surface area contributed by atoms with Crippen molar-refractivity contribution in [1.29, 1.82) is 0 Å². The molecule has 11 heteroatoms. The van der Waals surface area contributed by atoms with E-state index in [-0.39, 0.29) is 33.9 Å². The van der Waals surface area contributed by atoms with Gasteiger partial charge in [0.1, 0.15) is 0 Å². The lowest BCUT2D eigenvalue weighted by molar-refractivity contribution is 0.625. The molecule has 0 saturated carbocycles. The Kier molecular flexibility index (Phi) is 7.36. The zero-order valence-electron chi connectivity index (χ0n) is 15.8. The van der Waals surface area contributed by atoms with E-state index in [1.54, 1.807) is 36.5 Å². The molecular formula is C19H18O6PS4+. The highest BCUT2D eigenvalue weighted by molar-refractivity contribution is 8.66. The second kappa shape index (κ2) is 9.62. The lowest BCUT2D eigenvalue weighted by Crippen LogP contribution is -2.14. The van der Waals surface area contributed by atoms with Crippen LogP contribution in [0, 0.1) is 0 Å². The molecule has 0 unspecified atom stereocenters. The first-order chi connectivity index (χ1) is 14.3. The van der Waals surface area contributed by atoms with Gasteiger partial charge < -0.3 is 0 Å². The second-order valence-corrected chi connectivity index (χ2v) is 15.5. The van der Waals surface area contributed by atoms with Crippen LogP contribution in [0.5, 0.6) is 0 Å². The van der Waals surface area contributed by atoms with E-state index in [0.717, 1.165) is 15.9 Å². The first kappa shape index (κ1) is 23.0. The summed E-state index contributed by atoms with van der Waals surface area (Å²) in [6.45, 7) is -2.47. The zero-order chi connectivity index (χ0) is 21.9. The predicted octanol–water partition coefficient (Wildman–Crippen LogP) is 2.97. The molecule has 0 aromatic rings. The van der Waals surface area contributed by atoms with Gasteiger partial charge in [-0.15, -0.1) is 0 Å². The number of hydrogen-bond acceptors (Lipinski definition) is 7. The van der Waals surface area contributed by atoms with E-state index in [1.807, 2.05) is 24.5 Å². The van der Waals surface area contributed by atoms with E-state index in [9.17, 15) is 25.3 Å². The van der Waals surface area contributed by atoms with E-state index in [0.29, 0.717) is 0 Å². The molecule has 3 aliphatic rings. The smallest absolute Gasteiger partial charge is 0.184 e. The zero-order valence-corrected chi connectivity index (χ0v) is 20.0. The van der Waals surface area contributed by atoms with E-state index < -0.39 is 37.3 Å². The normalized spacial score (nSPS) is 18.7. The molecule has 0 saturated heterocycles. The standard InChI is InChI=1S/C19H18O6PS4/c1-27-26(14-5-2-8-17(11-14)28(20)21,15-6-3-9-18(12-15)29(22)23)16-7-4-10-19(13-16)30(24)25/h2-10H,11-13H2,1H3/q+1. The van der Waals surface area contributed by atoms with Gasteiger partial charge in [-0.2, -0.15) is 25.3 Å². The summed E-state index contributed by atoms with van der Waals surface area (Å²) >= 11 is 1.54. The molecule has 0 aliphatic heterocycles. The SMILES string of the molecule is CS[P+](C1=CC=CC(=S(=O)=O)C1)(C1=CC=CC(=S(=O)=O)C1)C1=CC=CC(=S(=O)=O)C1. The van der Waals surface area contributed by atoms with Crippen LogP contribution in [0.25, 0.3) is 0 Å². The van der Waals surface area contributed by atoms with Crippen LogP contribution in [0.2, 0.25) is 0 Å². The maximum atomic E-state index is 11.6. The van der Waals surface area contributed by atoms with E-state index in [2.05, 4.69) is 0 Å². The van der Waals surface area contributed by atoms with Crippen molar-refractivity contribution in [2.45, 2.75) is 19.3 Å². The Balaban J connectivity index is 2.28. The number of rotatable bonds is 4. The Morgan fingerprint density at radius 3 is 1.17 bits per heavy atom. The van der Waals surface area contributed by atoms with Crippen molar-refractivity contribution in [1.82, 2.24) is 0 Å². The van der Waals surface area contributed by atoms with Crippen molar-refractivity contribution in [2.24, 2.45) is 0 Å². The molecule has 0 fully saturated rings. The molecule has 0 N–H and O–H groups in total. The maximum absolute atomic E-state index is 11.6. The van der Waals surface area contributed by atoms with Gasteiger partial charge in [-0.05, 0) is 36.5 Å². The molecule has 0 aromatic heterocycles. The highest BCUT2D eigenvalue weighted by atomic mass is 32.7. The van der Waals surface area contributed by atoms with Crippen molar-refractivity contribution in [2.75, 3.05) is 6.26 Å². The van der Waals surface area contributed by atoms with Crippen molar-refractivity contribution < 1.29 is 25.3 Å². The molecule has 0 amide bonds. The van der Waals surface area contributed by atoms with Crippen LogP contribution in [0.4, 0.5) is 0 Å². The van der Waals surface area contributed by atoms with Crippen LogP contribution in [-0.4, -0.2) is 46.1 Å². The molecule has 0 aromatic carbocycles. The van der Waals surface area contributed by atoms with Crippen molar-refractivity contribution in [3.05, 3.63) is 70.6 Å². The quantitative estimate of drug-likeness (QED) is 0.431. The van der Waals surface area contributed by atoms with Gasteiger partial charge in [0.25, 0.3) is 0 Å². The van der Waals surface area contributed by atoms with Crippen molar-refractivity contribution >= 4 is 63.3 Å². The molecule has 0 bridgehead atoms. The van der Waals surface area contributed by atoms with Gasteiger partial charge >= 0.3 is 0 Å². The fourth-order valence-corrected chi connectivity index (χ4v) is 12.4. The van der Waals surface area contributed by atoms with Crippen LogP contribution in [0.1, 0.15) is 19.3 Å².